The SMILES string of the molecule is COc1cc2nc(C)nc(N[C@H](C)c3cc(N)cc(C(F)(F)F)c3F)c2cc1OCCOC1CC1(F)F. The van der Waals surface area contributed by atoms with Gasteiger partial charge < -0.3 is 25.3 Å². The predicted octanol–water partition coefficient (Wildman–Crippen LogP) is 5.66. The topological polar surface area (TPSA) is 91.5 Å². The maximum atomic E-state index is 14.8. The zero-order valence-corrected chi connectivity index (χ0v) is 20.0. The molecule has 3 aromatic rings. The van der Waals surface area contributed by atoms with E-state index in [0.717, 1.165) is 6.07 Å². The van der Waals surface area contributed by atoms with Crippen LogP contribution in [0.3, 0.4) is 0 Å². The smallest absolute Gasteiger partial charge is 0.419 e. The van der Waals surface area contributed by atoms with Crippen LogP contribution in [0, 0.1) is 12.7 Å². The molecule has 2 atom stereocenters. The minimum Gasteiger partial charge on any atom is -0.493 e. The normalized spacial score (nSPS) is 17.5. The molecule has 1 aliphatic carbocycles. The van der Waals surface area contributed by atoms with Gasteiger partial charge in [-0.05, 0) is 32.0 Å². The van der Waals surface area contributed by atoms with Crippen LogP contribution in [0.5, 0.6) is 11.5 Å². The summed E-state index contributed by atoms with van der Waals surface area (Å²) in [4.78, 5) is 8.68. The van der Waals surface area contributed by atoms with Gasteiger partial charge in [-0.25, -0.2) is 23.1 Å². The quantitative estimate of drug-likeness (QED) is 0.210. The van der Waals surface area contributed by atoms with E-state index in [1.54, 1.807) is 13.0 Å². The number of aromatic nitrogens is 2. The highest BCUT2D eigenvalue weighted by atomic mass is 19.4. The van der Waals surface area contributed by atoms with Crippen LogP contribution in [0.1, 0.15) is 36.3 Å². The summed E-state index contributed by atoms with van der Waals surface area (Å²) in [5.41, 5.74) is 4.03. The van der Waals surface area contributed by atoms with E-state index in [-0.39, 0.29) is 42.5 Å². The molecule has 7 nitrogen and oxygen atoms in total. The number of hydrogen-bond donors (Lipinski definition) is 2. The summed E-state index contributed by atoms with van der Waals surface area (Å²) in [5, 5.41) is 3.34. The minimum atomic E-state index is -4.92. The van der Waals surface area contributed by atoms with Gasteiger partial charge in [0.05, 0.1) is 30.8 Å². The molecule has 1 saturated carbocycles. The minimum absolute atomic E-state index is 0.0466. The maximum Gasteiger partial charge on any atom is 0.419 e. The van der Waals surface area contributed by atoms with E-state index < -0.39 is 35.6 Å². The fourth-order valence-electron chi connectivity index (χ4n) is 3.82. The number of rotatable bonds is 9. The summed E-state index contributed by atoms with van der Waals surface area (Å²) >= 11 is 0. The van der Waals surface area contributed by atoms with E-state index in [0.29, 0.717) is 28.5 Å². The summed E-state index contributed by atoms with van der Waals surface area (Å²) in [5.74, 6) is -3.18. The lowest BCUT2D eigenvalue weighted by Crippen LogP contribution is -2.16. The van der Waals surface area contributed by atoms with Gasteiger partial charge in [-0.1, -0.05) is 0 Å². The standard InChI is InChI=1S/C24H24F6N4O3/c1-11(14-6-13(31)7-16(21(14)25)24(28,29)30)32-22-15-8-19(36-4-5-37-20-10-23(20,26)27)18(35-3)9-17(15)33-12(2)34-22/h6-9,11,20H,4-5,10,31H2,1-3H3,(H,32,33,34)/t11-,20?/m1/s1. The first-order valence-corrected chi connectivity index (χ1v) is 11.2. The maximum absolute atomic E-state index is 14.8. The Morgan fingerprint density at radius 2 is 1.84 bits per heavy atom. The van der Waals surface area contributed by atoms with E-state index in [2.05, 4.69) is 15.3 Å². The Morgan fingerprint density at radius 1 is 1.14 bits per heavy atom. The van der Waals surface area contributed by atoms with E-state index in [9.17, 15) is 26.3 Å². The van der Waals surface area contributed by atoms with Gasteiger partial charge in [0.25, 0.3) is 5.92 Å². The second-order valence-electron chi connectivity index (χ2n) is 8.65. The Bertz CT molecular complexity index is 1320. The third-order valence-corrected chi connectivity index (χ3v) is 5.77. The molecular formula is C24H24F6N4O3. The van der Waals surface area contributed by atoms with Gasteiger partial charge in [-0.15, -0.1) is 0 Å². The van der Waals surface area contributed by atoms with Crippen molar-refractivity contribution in [3.05, 3.63) is 47.0 Å². The van der Waals surface area contributed by atoms with Crippen LogP contribution < -0.4 is 20.5 Å². The lowest BCUT2D eigenvalue weighted by Gasteiger charge is -2.20. The molecule has 13 heteroatoms. The molecule has 0 aliphatic heterocycles. The molecule has 0 spiro atoms. The summed E-state index contributed by atoms with van der Waals surface area (Å²) in [6.45, 7) is 2.95. The molecule has 1 unspecified atom stereocenters. The van der Waals surface area contributed by atoms with Crippen molar-refractivity contribution >= 4 is 22.4 Å². The molecule has 0 bridgehead atoms. The fraction of sp³-hybridized carbons (Fsp3) is 0.417. The van der Waals surface area contributed by atoms with Gasteiger partial charge in [-0.2, -0.15) is 13.2 Å². The summed E-state index contributed by atoms with van der Waals surface area (Å²) in [6.07, 6.45) is -6.36. The summed E-state index contributed by atoms with van der Waals surface area (Å²) < 4.78 is 96.7. The Balaban J connectivity index is 1.62. The number of alkyl halides is 5. The third-order valence-electron chi connectivity index (χ3n) is 5.77. The Labute approximate surface area is 207 Å². The van der Waals surface area contributed by atoms with Crippen LogP contribution in [0.25, 0.3) is 10.9 Å². The van der Waals surface area contributed by atoms with Gasteiger partial charge in [0.1, 0.15) is 30.2 Å². The number of nitrogen functional groups attached to an aromatic ring is 1. The number of anilines is 2. The van der Waals surface area contributed by atoms with Gasteiger partial charge in [-0.3, -0.25) is 0 Å². The molecule has 4 rings (SSSR count). The highest BCUT2D eigenvalue weighted by Crippen LogP contribution is 2.44. The van der Waals surface area contributed by atoms with Crippen molar-refractivity contribution in [3.63, 3.8) is 0 Å². The zero-order valence-electron chi connectivity index (χ0n) is 20.0. The number of nitrogens with one attached hydrogen (secondary N) is 1. The lowest BCUT2D eigenvalue weighted by molar-refractivity contribution is -0.140. The number of fused-ring (bicyclic) bond motifs is 1. The molecule has 37 heavy (non-hydrogen) atoms. The van der Waals surface area contributed by atoms with E-state index in [1.807, 2.05) is 0 Å². The lowest BCUT2D eigenvalue weighted by atomic mass is 10.0. The van der Waals surface area contributed by atoms with Crippen molar-refractivity contribution in [3.8, 4) is 11.5 Å². The Hall–Kier alpha value is -3.48. The number of aryl methyl sites for hydroxylation is 1. The number of ether oxygens (including phenoxy) is 3. The van der Waals surface area contributed by atoms with Crippen molar-refractivity contribution < 1.29 is 40.6 Å². The second kappa shape index (κ2) is 9.77. The molecule has 0 amide bonds. The molecule has 0 radical (unpaired) electrons. The molecule has 3 N–H and O–H groups in total. The molecule has 1 fully saturated rings. The van der Waals surface area contributed by atoms with Crippen molar-refractivity contribution in [2.45, 2.75) is 44.5 Å². The predicted molar refractivity (Wildman–Crippen MR) is 123 cm³/mol. The van der Waals surface area contributed by atoms with Crippen molar-refractivity contribution in [1.82, 2.24) is 9.97 Å². The van der Waals surface area contributed by atoms with Gasteiger partial charge in [0.2, 0.25) is 0 Å². The van der Waals surface area contributed by atoms with Crippen LogP contribution in [0.15, 0.2) is 24.3 Å². The second-order valence-corrected chi connectivity index (χ2v) is 8.65. The number of hydrogen-bond acceptors (Lipinski definition) is 7. The van der Waals surface area contributed by atoms with E-state index in [4.69, 9.17) is 19.9 Å². The molecule has 1 heterocycles. The molecule has 1 aromatic heterocycles. The molecule has 200 valence electrons. The number of nitrogens with two attached hydrogens (primary N) is 1. The summed E-state index contributed by atoms with van der Waals surface area (Å²) in [6, 6.07) is 3.79. The number of nitrogens with zero attached hydrogens (tertiary/aromatic N) is 2. The van der Waals surface area contributed by atoms with Gasteiger partial charge in [0.15, 0.2) is 11.5 Å². The van der Waals surface area contributed by atoms with Crippen molar-refractivity contribution in [2.24, 2.45) is 0 Å². The average Bonchev–Trinajstić information content (AvgIpc) is 3.42. The molecular weight excluding hydrogens is 506 g/mol. The van der Waals surface area contributed by atoms with Crippen LogP contribution in [-0.4, -0.2) is 42.3 Å². The average molecular weight is 530 g/mol. The van der Waals surface area contributed by atoms with Gasteiger partial charge in [0, 0.05) is 29.1 Å². The highest BCUT2D eigenvalue weighted by molar-refractivity contribution is 5.92. The van der Waals surface area contributed by atoms with Crippen LogP contribution in [0.2, 0.25) is 0 Å². The number of benzene rings is 2. The van der Waals surface area contributed by atoms with Crippen molar-refractivity contribution in [1.29, 1.82) is 0 Å². The first-order valence-electron chi connectivity index (χ1n) is 11.2. The third kappa shape index (κ3) is 5.76. The van der Waals surface area contributed by atoms with E-state index >= 15 is 0 Å². The molecule has 0 saturated heterocycles. The Kier molecular flexibility index (Phi) is 7.01. The Morgan fingerprint density at radius 3 is 2.46 bits per heavy atom. The highest BCUT2D eigenvalue weighted by Gasteiger charge is 2.58. The first-order chi connectivity index (χ1) is 17.3. The fourth-order valence-corrected chi connectivity index (χ4v) is 3.82. The monoisotopic (exact) mass is 530 g/mol. The largest absolute Gasteiger partial charge is 0.493 e. The number of halogens is 6. The van der Waals surface area contributed by atoms with Crippen molar-refractivity contribution in [2.75, 3.05) is 31.4 Å². The van der Waals surface area contributed by atoms with Crippen LogP contribution in [-0.2, 0) is 10.9 Å². The van der Waals surface area contributed by atoms with Gasteiger partial charge >= 0.3 is 6.18 Å². The van der Waals surface area contributed by atoms with Crippen LogP contribution >= 0.6 is 0 Å². The van der Waals surface area contributed by atoms with E-state index in [1.165, 1.54) is 20.1 Å². The molecule has 1 aliphatic rings. The number of methoxy groups -OCH3 is 1. The first kappa shape index (κ1) is 26.6. The molecule has 2 aromatic carbocycles. The summed E-state index contributed by atoms with van der Waals surface area (Å²) in [7, 11) is 1.41. The van der Waals surface area contributed by atoms with Crippen LogP contribution in [0.4, 0.5) is 37.8 Å². The zero-order chi connectivity index (χ0) is 27.1.